The monoisotopic (exact) mass is 395 g/mol. The van der Waals surface area contributed by atoms with Crippen LogP contribution in [0.15, 0.2) is 60.9 Å². The van der Waals surface area contributed by atoms with Crippen LogP contribution in [0.1, 0.15) is 11.3 Å². The summed E-state index contributed by atoms with van der Waals surface area (Å²) in [7, 11) is 0. The van der Waals surface area contributed by atoms with Crippen LogP contribution in [0.25, 0.3) is 16.6 Å². The molecule has 0 aliphatic rings. The van der Waals surface area contributed by atoms with Gasteiger partial charge in [0.15, 0.2) is 0 Å². The van der Waals surface area contributed by atoms with Crippen molar-refractivity contribution in [2.75, 3.05) is 6.54 Å². The predicted molar refractivity (Wildman–Crippen MR) is 107 cm³/mol. The van der Waals surface area contributed by atoms with E-state index in [1.54, 1.807) is 23.0 Å². The second-order valence-electron chi connectivity index (χ2n) is 6.25. The van der Waals surface area contributed by atoms with Gasteiger partial charge in [0.1, 0.15) is 12.3 Å². The van der Waals surface area contributed by atoms with Gasteiger partial charge in [-0.1, -0.05) is 41.1 Å². The number of hydrogen-bond acceptors (Lipinski definition) is 4. The second kappa shape index (κ2) is 8.14. The van der Waals surface area contributed by atoms with Gasteiger partial charge in [0.05, 0.1) is 11.9 Å². The molecule has 0 fully saturated rings. The number of aromatic nitrogens is 4. The molecule has 2 heterocycles. The van der Waals surface area contributed by atoms with Crippen LogP contribution < -0.4 is 5.32 Å². The molecule has 0 spiro atoms. The normalized spacial score (nSPS) is 10.9. The van der Waals surface area contributed by atoms with Gasteiger partial charge in [0.2, 0.25) is 0 Å². The van der Waals surface area contributed by atoms with Crippen molar-refractivity contribution in [3.63, 3.8) is 0 Å². The number of benzene rings is 2. The van der Waals surface area contributed by atoms with Crippen LogP contribution >= 0.6 is 11.6 Å². The molecule has 4 aromatic rings. The first-order chi connectivity index (χ1) is 13.7. The lowest BCUT2D eigenvalue weighted by molar-refractivity contribution is 0.138. The third kappa shape index (κ3) is 4.15. The average Bonchev–Trinajstić information content (AvgIpc) is 3.34. The lowest BCUT2D eigenvalue weighted by Crippen LogP contribution is -2.26. The van der Waals surface area contributed by atoms with E-state index in [1.807, 2.05) is 36.5 Å². The van der Waals surface area contributed by atoms with Gasteiger partial charge < -0.3 is 15.0 Å². The number of hydrogen-bond donors (Lipinski definition) is 2. The molecule has 7 nitrogen and oxygen atoms in total. The van der Waals surface area contributed by atoms with Crippen molar-refractivity contribution in [2.24, 2.45) is 0 Å². The predicted octanol–water partition coefficient (Wildman–Crippen LogP) is 3.87. The quantitative estimate of drug-likeness (QED) is 0.519. The number of ether oxygens (including phenoxy) is 1. The molecule has 28 heavy (non-hydrogen) atoms. The van der Waals surface area contributed by atoms with E-state index >= 15 is 0 Å². The van der Waals surface area contributed by atoms with E-state index in [0.29, 0.717) is 23.7 Å². The van der Waals surface area contributed by atoms with Gasteiger partial charge in [0.25, 0.3) is 0 Å². The minimum atomic E-state index is -0.489. The van der Waals surface area contributed by atoms with E-state index in [1.165, 1.54) is 0 Å². The topological polar surface area (TPSA) is 84.8 Å². The summed E-state index contributed by atoms with van der Waals surface area (Å²) in [6, 6.07) is 15.3. The van der Waals surface area contributed by atoms with Crippen molar-refractivity contribution in [3.05, 3.63) is 77.2 Å². The Morgan fingerprint density at radius 3 is 3.00 bits per heavy atom. The molecule has 8 heteroatoms. The summed E-state index contributed by atoms with van der Waals surface area (Å²) in [6.07, 6.45) is 3.89. The van der Waals surface area contributed by atoms with Crippen molar-refractivity contribution < 1.29 is 9.53 Å². The number of nitrogens with zero attached hydrogens (tertiary/aromatic N) is 3. The molecule has 0 saturated heterocycles. The standard InChI is InChI=1S/C20H18ClN5O2/c21-15-4-3-5-17(10-15)26-12-16(24-25-26)13-28-20(27)22-9-8-14-11-23-19-7-2-1-6-18(14)19/h1-7,10-12,23H,8-9,13H2,(H,22,27). The highest BCUT2D eigenvalue weighted by Gasteiger charge is 2.08. The summed E-state index contributed by atoms with van der Waals surface area (Å²) in [5, 5.41) is 12.6. The summed E-state index contributed by atoms with van der Waals surface area (Å²) in [5.74, 6) is 0. The minimum Gasteiger partial charge on any atom is -0.443 e. The van der Waals surface area contributed by atoms with Gasteiger partial charge in [-0.25, -0.2) is 9.48 Å². The number of rotatable bonds is 6. The van der Waals surface area contributed by atoms with Gasteiger partial charge in [-0.05, 0) is 36.2 Å². The van der Waals surface area contributed by atoms with Crippen LogP contribution in [0.3, 0.4) is 0 Å². The molecule has 0 aliphatic carbocycles. The zero-order valence-electron chi connectivity index (χ0n) is 14.9. The zero-order valence-corrected chi connectivity index (χ0v) is 15.7. The Hall–Kier alpha value is -3.32. The Kier molecular flexibility index (Phi) is 5.25. The Labute approximate surface area is 166 Å². The van der Waals surface area contributed by atoms with Crippen molar-refractivity contribution in [1.29, 1.82) is 0 Å². The molecule has 0 atom stereocenters. The molecule has 0 saturated carbocycles. The number of carbonyl (C=O) groups excluding carboxylic acids is 1. The number of fused-ring (bicyclic) bond motifs is 1. The van der Waals surface area contributed by atoms with E-state index in [4.69, 9.17) is 16.3 Å². The highest BCUT2D eigenvalue weighted by Crippen LogP contribution is 2.17. The van der Waals surface area contributed by atoms with Crippen LogP contribution in [0.2, 0.25) is 5.02 Å². The van der Waals surface area contributed by atoms with Crippen molar-refractivity contribution >= 4 is 28.6 Å². The Balaban J connectivity index is 1.26. The number of alkyl carbamates (subject to hydrolysis) is 1. The van der Waals surface area contributed by atoms with Crippen molar-refractivity contribution in [2.45, 2.75) is 13.0 Å². The summed E-state index contributed by atoms with van der Waals surface area (Å²) in [4.78, 5) is 15.1. The van der Waals surface area contributed by atoms with Crippen LogP contribution in [-0.4, -0.2) is 32.6 Å². The molecular formula is C20H18ClN5O2. The summed E-state index contributed by atoms with van der Waals surface area (Å²) < 4.78 is 6.79. The van der Waals surface area contributed by atoms with Crippen molar-refractivity contribution in [3.8, 4) is 5.69 Å². The summed E-state index contributed by atoms with van der Waals surface area (Å²) in [5.41, 5.74) is 3.57. The number of nitrogens with one attached hydrogen (secondary N) is 2. The Morgan fingerprint density at radius 2 is 2.11 bits per heavy atom. The van der Waals surface area contributed by atoms with Crippen LogP contribution in [0, 0.1) is 0 Å². The maximum atomic E-state index is 11.9. The van der Waals surface area contributed by atoms with Gasteiger partial charge in [0, 0.05) is 28.7 Å². The van der Waals surface area contributed by atoms with Crippen LogP contribution in [0.5, 0.6) is 0 Å². The first-order valence-corrected chi connectivity index (χ1v) is 9.19. The molecule has 0 radical (unpaired) electrons. The van der Waals surface area contributed by atoms with Gasteiger partial charge in [-0.15, -0.1) is 5.10 Å². The smallest absolute Gasteiger partial charge is 0.407 e. The molecule has 0 bridgehead atoms. The molecule has 2 N–H and O–H groups in total. The fourth-order valence-electron chi connectivity index (χ4n) is 2.94. The lowest BCUT2D eigenvalue weighted by Gasteiger charge is -2.05. The van der Waals surface area contributed by atoms with Crippen molar-refractivity contribution in [1.82, 2.24) is 25.3 Å². The molecule has 2 aromatic heterocycles. The molecule has 142 valence electrons. The highest BCUT2D eigenvalue weighted by molar-refractivity contribution is 6.30. The Bertz CT molecular complexity index is 1100. The maximum Gasteiger partial charge on any atom is 0.407 e. The molecule has 4 rings (SSSR count). The van der Waals surface area contributed by atoms with E-state index in [9.17, 15) is 4.79 Å². The summed E-state index contributed by atoms with van der Waals surface area (Å²) >= 11 is 5.98. The number of aromatic amines is 1. The third-order valence-corrected chi connectivity index (χ3v) is 4.54. The zero-order chi connectivity index (χ0) is 19.3. The molecule has 1 amide bonds. The van der Waals surface area contributed by atoms with E-state index < -0.39 is 6.09 Å². The third-order valence-electron chi connectivity index (χ3n) is 4.30. The largest absolute Gasteiger partial charge is 0.443 e. The maximum absolute atomic E-state index is 11.9. The molecule has 0 aliphatic heterocycles. The number of H-pyrrole nitrogens is 1. The fourth-order valence-corrected chi connectivity index (χ4v) is 3.12. The SMILES string of the molecule is O=C(NCCc1c[nH]c2ccccc12)OCc1cn(-c2cccc(Cl)c2)nn1. The van der Waals surface area contributed by atoms with E-state index in [-0.39, 0.29) is 6.61 Å². The average molecular weight is 396 g/mol. The molecular weight excluding hydrogens is 378 g/mol. The fraction of sp³-hybridized carbons (Fsp3) is 0.150. The Morgan fingerprint density at radius 1 is 1.21 bits per heavy atom. The molecule has 0 unspecified atom stereocenters. The first-order valence-electron chi connectivity index (χ1n) is 8.82. The van der Waals surface area contributed by atoms with Gasteiger partial charge in [-0.3, -0.25) is 0 Å². The van der Waals surface area contributed by atoms with E-state index in [2.05, 4.69) is 26.7 Å². The van der Waals surface area contributed by atoms with Crippen LogP contribution in [0.4, 0.5) is 4.79 Å². The van der Waals surface area contributed by atoms with Crippen LogP contribution in [-0.2, 0) is 17.8 Å². The van der Waals surface area contributed by atoms with E-state index in [0.717, 1.165) is 22.2 Å². The lowest BCUT2D eigenvalue weighted by atomic mass is 10.1. The van der Waals surface area contributed by atoms with Gasteiger partial charge in [-0.2, -0.15) is 0 Å². The van der Waals surface area contributed by atoms with Gasteiger partial charge >= 0.3 is 6.09 Å². The number of halogens is 1. The highest BCUT2D eigenvalue weighted by atomic mass is 35.5. The summed E-state index contributed by atoms with van der Waals surface area (Å²) in [6.45, 7) is 0.523. The first kappa shape index (κ1) is 18.1. The second-order valence-corrected chi connectivity index (χ2v) is 6.68. The minimum absolute atomic E-state index is 0.0412. The number of carbonyl (C=O) groups is 1. The molecule has 2 aromatic carbocycles. The number of amides is 1. The number of para-hydroxylation sites is 1.